The zero-order valence-electron chi connectivity index (χ0n) is 28.7. The fraction of sp³-hybridized carbons (Fsp3) is 0.200. The first-order chi connectivity index (χ1) is 24.8. The number of anilines is 2. The molecule has 2 amide bonds. The predicted molar refractivity (Wildman–Crippen MR) is 193 cm³/mol. The van der Waals surface area contributed by atoms with Gasteiger partial charge in [-0.25, -0.2) is 0 Å². The summed E-state index contributed by atoms with van der Waals surface area (Å²) >= 11 is 0. The van der Waals surface area contributed by atoms with Crippen molar-refractivity contribution >= 4 is 66.4 Å². The SMILES string of the molecule is CC(=O)C(N=Nc1ccc(Cc2ccc(N=NC(C(C)=O)C(=O)Nc3ccc(S(=O)(=O)O)cc3)c(C)c2)cc1C)C(=O)Nc1ccc(S(=O)(=O)O)cc1. The molecule has 2 atom stereocenters. The van der Waals surface area contributed by atoms with Crippen molar-refractivity contribution in [3.05, 3.63) is 107 Å². The number of hydrogen-bond acceptors (Lipinski definition) is 12. The molecule has 0 radical (unpaired) electrons. The Balaban J connectivity index is 1.40. The Morgan fingerprint density at radius 3 is 1.21 bits per heavy atom. The van der Waals surface area contributed by atoms with Gasteiger partial charge in [0.15, 0.2) is 11.6 Å². The van der Waals surface area contributed by atoms with Crippen molar-refractivity contribution in [3.63, 3.8) is 0 Å². The fourth-order valence-electron chi connectivity index (χ4n) is 4.83. The summed E-state index contributed by atoms with van der Waals surface area (Å²) in [5.74, 6) is -2.69. The molecular weight excluding hydrogens is 729 g/mol. The van der Waals surface area contributed by atoms with Crippen molar-refractivity contribution in [2.75, 3.05) is 10.6 Å². The van der Waals surface area contributed by atoms with Gasteiger partial charge in [-0.2, -0.15) is 37.3 Å². The van der Waals surface area contributed by atoms with Crippen molar-refractivity contribution in [2.45, 2.75) is 56.0 Å². The van der Waals surface area contributed by atoms with Crippen LogP contribution in [0.3, 0.4) is 0 Å². The van der Waals surface area contributed by atoms with E-state index in [0.717, 1.165) is 46.5 Å². The van der Waals surface area contributed by atoms with E-state index in [1.807, 2.05) is 24.3 Å². The van der Waals surface area contributed by atoms with Gasteiger partial charge in [-0.05, 0) is 117 Å². The topological polar surface area (TPSA) is 251 Å². The lowest BCUT2D eigenvalue weighted by molar-refractivity contribution is -0.127. The van der Waals surface area contributed by atoms with E-state index in [-0.39, 0.29) is 21.2 Å². The summed E-state index contributed by atoms with van der Waals surface area (Å²) in [7, 11) is -8.82. The molecule has 0 saturated heterocycles. The van der Waals surface area contributed by atoms with Gasteiger partial charge in [0.25, 0.3) is 32.1 Å². The predicted octanol–water partition coefficient (Wildman–Crippen LogP) is 5.75. The van der Waals surface area contributed by atoms with E-state index in [9.17, 15) is 36.0 Å². The van der Waals surface area contributed by atoms with Crippen LogP contribution in [0, 0.1) is 13.8 Å². The average Bonchev–Trinajstić information content (AvgIpc) is 3.06. The van der Waals surface area contributed by atoms with Gasteiger partial charge in [0.2, 0.25) is 12.1 Å². The minimum Gasteiger partial charge on any atom is -0.324 e. The lowest BCUT2D eigenvalue weighted by atomic mass is 10.0. The smallest absolute Gasteiger partial charge is 0.294 e. The molecule has 0 aliphatic carbocycles. The van der Waals surface area contributed by atoms with Crippen LogP contribution in [0.5, 0.6) is 0 Å². The first kappa shape index (κ1) is 40.0. The molecule has 53 heavy (non-hydrogen) atoms. The number of azo groups is 2. The van der Waals surface area contributed by atoms with Crippen LogP contribution in [0.1, 0.15) is 36.1 Å². The largest absolute Gasteiger partial charge is 0.324 e. The van der Waals surface area contributed by atoms with Gasteiger partial charge in [0.1, 0.15) is 0 Å². The minimum atomic E-state index is -4.41. The van der Waals surface area contributed by atoms with Crippen LogP contribution in [0.25, 0.3) is 0 Å². The second-order valence-corrected chi connectivity index (χ2v) is 14.7. The number of benzene rings is 4. The summed E-state index contributed by atoms with van der Waals surface area (Å²) in [4.78, 5) is 49.3. The Hall–Kier alpha value is -5.82. The highest BCUT2D eigenvalue weighted by molar-refractivity contribution is 7.86. The Morgan fingerprint density at radius 2 is 0.925 bits per heavy atom. The molecule has 2 unspecified atom stereocenters. The summed E-state index contributed by atoms with van der Waals surface area (Å²) in [6.07, 6.45) is 0.514. The van der Waals surface area contributed by atoms with Gasteiger partial charge in [0, 0.05) is 11.4 Å². The molecule has 16 nitrogen and oxygen atoms in total. The maximum Gasteiger partial charge on any atom is 0.294 e. The Kier molecular flexibility index (Phi) is 12.6. The van der Waals surface area contributed by atoms with Gasteiger partial charge in [-0.3, -0.25) is 28.3 Å². The van der Waals surface area contributed by atoms with E-state index in [4.69, 9.17) is 9.11 Å². The molecule has 0 aromatic heterocycles. The summed E-state index contributed by atoms with van der Waals surface area (Å²) in [5, 5.41) is 21.1. The minimum absolute atomic E-state index is 0.185. The highest BCUT2D eigenvalue weighted by atomic mass is 32.2. The molecule has 4 rings (SSSR count). The fourth-order valence-corrected chi connectivity index (χ4v) is 5.79. The number of carbonyl (C=O) groups is 4. The first-order valence-electron chi connectivity index (χ1n) is 15.6. The molecule has 4 aromatic rings. The van der Waals surface area contributed by atoms with Crippen LogP contribution in [0.15, 0.2) is 115 Å². The second kappa shape index (κ2) is 16.7. The lowest BCUT2D eigenvalue weighted by Gasteiger charge is -2.11. The maximum absolute atomic E-state index is 12.8. The zero-order chi connectivity index (χ0) is 39.1. The summed E-state index contributed by atoms with van der Waals surface area (Å²) < 4.78 is 63.2. The number of amides is 2. The van der Waals surface area contributed by atoms with Crippen molar-refractivity contribution in [2.24, 2.45) is 20.5 Å². The van der Waals surface area contributed by atoms with Crippen LogP contribution in [-0.2, 0) is 45.8 Å². The third-order valence-corrected chi connectivity index (χ3v) is 9.33. The third-order valence-electron chi connectivity index (χ3n) is 7.60. The summed E-state index contributed by atoms with van der Waals surface area (Å²) in [6.45, 7) is 5.96. The number of nitrogens with one attached hydrogen (secondary N) is 2. The van der Waals surface area contributed by atoms with E-state index < -0.39 is 55.7 Å². The molecule has 4 N–H and O–H groups in total. The third kappa shape index (κ3) is 11.1. The highest BCUT2D eigenvalue weighted by Gasteiger charge is 2.25. The number of carbonyl (C=O) groups excluding carboxylic acids is 4. The van der Waals surface area contributed by atoms with Gasteiger partial charge in [0.05, 0.1) is 21.2 Å². The number of hydrogen-bond donors (Lipinski definition) is 4. The maximum atomic E-state index is 12.8. The molecule has 18 heteroatoms. The summed E-state index contributed by atoms with van der Waals surface area (Å²) in [6, 6.07) is 17.3. The molecule has 0 heterocycles. The molecule has 4 aromatic carbocycles. The number of aryl methyl sites for hydroxylation is 2. The Bertz CT molecular complexity index is 2180. The molecule has 0 aliphatic rings. The first-order valence-corrected chi connectivity index (χ1v) is 18.5. The van der Waals surface area contributed by atoms with E-state index in [0.29, 0.717) is 17.8 Å². The molecule has 0 aliphatic heterocycles. The Labute approximate surface area is 305 Å². The van der Waals surface area contributed by atoms with Crippen LogP contribution in [0.4, 0.5) is 22.7 Å². The normalized spacial score (nSPS) is 13.1. The Morgan fingerprint density at radius 1 is 0.585 bits per heavy atom. The van der Waals surface area contributed by atoms with Gasteiger partial charge < -0.3 is 10.6 Å². The van der Waals surface area contributed by atoms with Crippen LogP contribution >= 0.6 is 0 Å². The van der Waals surface area contributed by atoms with Crippen LogP contribution in [0.2, 0.25) is 0 Å². The number of Topliss-reactive ketones (excluding diaryl/α,β-unsaturated/α-hetero) is 2. The van der Waals surface area contributed by atoms with Crippen molar-refractivity contribution < 1.29 is 45.1 Å². The zero-order valence-corrected chi connectivity index (χ0v) is 30.3. The number of rotatable bonds is 14. The second-order valence-electron chi connectivity index (χ2n) is 11.9. The molecule has 0 fully saturated rings. The number of ketones is 2. The van der Waals surface area contributed by atoms with E-state index >= 15 is 0 Å². The monoisotopic (exact) mass is 762 g/mol. The van der Waals surface area contributed by atoms with E-state index in [1.54, 1.807) is 26.0 Å². The summed E-state index contributed by atoms with van der Waals surface area (Å²) in [5.41, 5.74) is 4.51. The van der Waals surface area contributed by atoms with E-state index in [1.165, 1.54) is 38.1 Å². The van der Waals surface area contributed by atoms with Crippen molar-refractivity contribution in [1.82, 2.24) is 0 Å². The van der Waals surface area contributed by atoms with Gasteiger partial charge in [-0.1, -0.05) is 24.3 Å². The van der Waals surface area contributed by atoms with Gasteiger partial charge in [-0.15, -0.1) is 0 Å². The molecule has 0 spiro atoms. The van der Waals surface area contributed by atoms with Gasteiger partial charge >= 0.3 is 0 Å². The van der Waals surface area contributed by atoms with Crippen molar-refractivity contribution in [3.8, 4) is 0 Å². The molecule has 0 saturated carbocycles. The van der Waals surface area contributed by atoms with Crippen LogP contribution < -0.4 is 10.6 Å². The molecular formula is C35H34N6O10S2. The van der Waals surface area contributed by atoms with Crippen molar-refractivity contribution in [1.29, 1.82) is 0 Å². The quantitative estimate of drug-likeness (QED) is 0.0688. The average molecular weight is 763 g/mol. The molecule has 276 valence electrons. The number of nitrogens with zero attached hydrogens (tertiary/aromatic N) is 4. The molecule has 0 bridgehead atoms. The lowest BCUT2D eigenvalue weighted by Crippen LogP contribution is -2.31. The van der Waals surface area contributed by atoms with Crippen LogP contribution in [-0.4, -0.2) is 61.4 Å². The standard InChI is InChI=1S/C35H34N6O10S2/c1-20-17-24(5-15-30(20)38-40-32(22(3)42)34(44)36-26-7-11-28(12-8-26)52(46,47)48)19-25-6-16-31(21(2)18-25)39-41-33(23(4)43)35(45)37-27-9-13-29(14-10-27)53(49,50)51/h5-18,32-33H,19H2,1-4H3,(H,36,44)(H,37,45)(H,46,47,48)(H,49,50,51). The van der Waals surface area contributed by atoms with E-state index in [2.05, 4.69) is 31.1 Å². The highest BCUT2D eigenvalue weighted by Crippen LogP contribution is 2.26.